The average Bonchev–Trinajstić information content (AvgIpc) is 2.48. The Labute approximate surface area is 128 Å². The molecule has 1 aromatic carbocycles. The number of unbranched alkanes of at least 4 members (excludes halogenated alkanes) is 1. The van der Waals surface area contributed by atoms with E-state index in [1.807, 2.05) is 11.8 Å². The molecule has 0 aromatic heterocycles. The molecule has 0 bridgehead atoms. The molecule has 20 heavy (non-hydrogen) atoms. The van der Waals surface area contributed by atoms with Gasteiger partial charge >= 0.3 is 0 Å². The maximum absolute atomic E-state index is 2.63. The van der Waals surface area contributed by atoms with Gasteiger partial charge in [0.15, 0.2) is 0 Å². The van der Waals surface area contributed by atoms with Gasteiger partial charge in [-0.05, 0) is 51.1 Å². The van der Waals surface area contributed by atoms with E-state index in [-0.39, 0.29) is 0 Å². The summed E-state index contributed by atoms with van der Waals surface area (Å²) in [5.74, 6) is 1.25. The summed E-state index contributed by atoms with van der Waals surface area (Å²) >= 11 is 1.98. The lowest BCUT2D eigenvalue weighted by atomic mass is 10.2. The van der Waals surface area contributed by atoms with Gasteiger partial charge in [0, 0.05) is 37.1 Å². The zero-order valence-corrected chi connectivity index (χ0v) is 13.7. The molecule has 112 valence electrons. The molecule has 0 saturated carbocycles. The van der Waals surface area contributed by atoms with Crippen molar-refractivity contribution in [2.45, 2.75) is 37.6 Å². The highest BCUT2D eigenvalue weighted by molar-refractivity contribution is 7.99. The van der Waals surface area contributed by atoms with E-state index < -0.39 is 0 Å². The quantitative estimate of drug-likeness (QED) is 0.560. The Balaban J connectivity index is 1.52. The van der Waals surface area contributed by atoms with E-state index in [1.54, 1.807) is 0 Å². The van der Waals surface area contributed by atoms with Crippen LogP contribution in [-0.2, 0) is 0 Å². The van der Waals surface area contributed by atoms with E-state index in [0.717, 1.165) is 0 Å². The summed E-state index contributed by atoms with van der Waals surface area (Å²) in [5.41, 5.74) is 0. The number of nitrogens with zero attached hydrogens (tertiary/aromatic N) is 2. The standard InChI is InChI=1S/C17H28N2S/c1-16(2)19-13-11-18(12-14-19)10-6-7-15-20-17-8-4-3-5-9-17/h3-5,8-9,16H,6-7,10-15H2,1-2H3. The highest BCUT2D eigenvalue weighted by atomic mass is 32.2. The molecule has 2 rings (SSSR count). The normalized spacial score (nSPS) is 17.8. The summed E-state index contributed by atoms with van der Waals surface area (Å²) in [5, 5.41) is 0. The second kappa shape index (κ2) is 8.71. The second-order valence-electron chi connectivity index (χ2n) is 5.84. The van der Waals surface area contributed by atoms with E-state index in [0.29, 0.717) is 6.04 Å². The van der Waals surface area contributed by atoms with Crippen molar-refractivity contribution < 1.29 is 0 Å². The fourth-order valence-corrected chi connectivity index (χ4v) is 3.58. The summed E-state index contributed by atoms with van der Waals surface area (Å²) in [7, 11) is 0. The molecule has 1 saturated heterocycles. The van der Waals surface area contributed by atoms with Crippen LogP contribution in [0.3, 0.4) is 0 Å². The molecule has 0 radical (unpaired) electrons. The van der Waals surface area contributed by atoms with Gasteiger partial charge < -0.3 is 4.90 Å². The summed E-state index contributed by atoms with van der Waals surface area (Å²) in [6, 6.07) is 11.4. The van der Waals surface area contributed by atoms with Crippen molar-refractivity contribution in [3.63, 3.8) is 0 Å². The van der Waals surface area contributed by atoms with Crippen LogP contribution >= 0.6 is 11.8 Å². The first-order valence-corrected chi connectivity index (χ1v) is 8.88. The van der Waals surface area contributed by atoms with Crippen molar-refractivity contribution in [3.05, 3.63) is 30.3 Å². The van der Waals surface area contributed by atoms with Crippen LogP contribution in [0.1, 0.15) is 26.7 Å². The Morgan fingerprint density at radius 2 is 1.70 bits per heavy atom. The molecule has 0 aliphatic carbocycles. The van der Waals surface area contributed by atoms with Gasteiger partial charge in [-0.2, -0.15) is 0 Å². The first-order chi connectivity index (χ1) is 9.75. The Morgan fingerprint density at radius 3 is 2.35 bits per heavy atom. The molecule has 1 fully saturated rings. The van der Waals surface area contributed by atoms with Gasteiger partial charge in [0.2, 0.25) is 0 Å². The molecular weight excluding hydrogens is 264 g/mol. The zero-order chi connectivity index (χ0) is 14.2. The number of piperazine rings is 1. The molecule has 0 atom stereocenters. The van der Waals surface area contributed by atoms with Crippen LogP contribution in [-0.4, -0.2) is 54.3 Å². The van der Waals surface area contributed by atoms with E-state index in [1.165, 1.54) is 56.2 Å². The number of hydrogen-bond acceptors (Lipinski definition) is 3. The summed E-state index contributed by atoms with van der Waals surface area (Å²) in [6.45, 7) is 10.9. The fourth-order valence-electron chi connectivity index (χ4n) is 2.65. The van der Waals surface area contributed by atoms with Gasteiger partial charge in [0.25, 0.3) is 0 Å². The molecular formula is C17H28N2S. The molecule has 3 heteroatoms. The lowest BCUT2D eigenvalue weighted by molar-refractivity contribution is 0.108. The van der Waals surface area contributed by atoms with Crippen LogP contribution in [0.5, 0.6) is 0 Å². The van der Waals surface area contributed by atoms with Crippen molar-refractivity contribution in [3.8, 4) is 0 Å². The second-order valence-corrected chi connectivity index (χ2v) is 7.01. The van der Waals surface area contributed by atoms with Crippen molar-refractivity contribution in [2.24, 2.45) is 0 Å². The third kappa shape index (κ3) is 5.47. The van der Waals surface area contributed by atoms with Crippen molar-refractivity contribution in [1.82, 2.24) is 9.80 Å². The number of thioether (sulfide) groups is 1. The predicted molar refractivity (Wildman–Crippen MR) is 89.5 cm³/mol. The van der Waals surface area contributed by atoms with Crippen molar-refractivity contribution >= 4 is 11.8 Å². The maximum atomic E-state index is 2.63. The number of rotatable bonds is 7. The minimum atomic E-state index is 0.708. The van der Waals surface area contributed by atoms with Crippen LogP contribution < -0.4 is 0 Å². The van der Waals surface area contributed by atoms with Crippen molar-refractivity contribution in [1.29, 1.82) is 0 Å². The van der Waals surface area contributed by atoms with E-state index in [2.05, 4.69) is 54.0 Å². The van der Waals surface area contributed by atoms with Gasteiger partial charge in [-0.25, -0.2) is 0 Å². The Bertz CT molecular complexity index is 359. The largest absolute Gasteiger partial charge is 0.301 e. The van der Waals surface area contributed by atoms with E-state index in [4.69, 9.17) is 0 Å². The third-order valence-corrected chi connectivity index (χ3v) is 5.12. The Morgan fingerprint density at radius 1 is 1.00 bits per heavy atom. The molecule has 0 N–H and O–H groups in total. The average molecular weight is 292 g/mol. The lowest BCUT2D eigenvalue weighted by Gasteiger charge is -2.36. The topological polar surface area (TPSA) is 6.48 Å². The minimum absolute atomic E-state index is 0.708. The lowest BCUT2D eigenvalue weighted by Crippen LogP contribution is -2.48. The molecule has 1 heterocycles. The smallest absolute Gasteiger partial charge is 0.0113 e. The van der Waals surface area contributed by atoms with E-state index in [9.17, 15) is 0 Å². The fraction of sp³-hybridized carbons (Fsp3) is 0.647. The van der Waals surface area contributed by atoms with Crippen LogP contribution in [0.25, 0.3) is 0 Å². The molecule has 1 aliphatic heterocycles. The van der Waals surface area contributed by atoms with Gasteiger partial charge in [-0.1, -0.05) is 18.2 Å². The molecule has 2 nitrogen and oxygen atoms in total. The SMILES string of the molecule is CC(C)N1CCN(CCCCSc2ccccc2)CC1. The molecule has 1 aromatic rings. The van der Waals surface area contributed by atoms with Crippen LogP contribution in [0, 0.1) is 0 Å². The van der Waals surface area contributed by atoms with Crippen LogP contribution in [0.15, 0.2) is 35.2 Å². The maximum Gasteiger partial charge on any atom is 0.0113 e. The van der Waals surface area contributed by atoms with E-state index >= 15 is 0 Å². The van der Waals surface area contributed by atoms with Crippen LogP contribution in [0.2, 0.25) is 0 Å². The highest BCUT2D eigenvalue weighted by Crippen LogP contribution is 2.18. The first kappa shape index (κ1) is 15.9. The summed E-state index contributed by atoms with van der Waals surface area (Å²) in [6.07, 6.45) is 2.66. The van der Waals surface area contributed by atoms with Gasteiger partial charge in [-0.3, -0.25) is 4.90 Å². The predicted octanol–water partition coefficient (Wildman–Crippen LogP) is 3.58. The summed E-state index contributed by atoms with van der Waals surface area (Å²) < 4.78 is 0. The Kier molecular flexibility index (Phi) is 6.91. The number of benzene rings is 1. The van der Waals surface area contributed by atoms with Gasteiger partial charge in [0.1, 0.15) is 0 Å². The molecule has 0 spiro atoms. The number of hydrogen-bond donors (Lipinski definition) is 0. The Hall–Kier alpha value is -0.510. The molecule has 1 aliphatic rings. The molecule has 0 unspecified atom stereocenters. The van der Waals surface area contributed by atoms with Crippen LogP contribution in [0.4, 0.5) is 0 Å². The monoisotopic (exact) mass is 292 g/mol. The third-order valence-electron chi connectivity index (χ3n) is 4.02. The first-order valence-electron chi connectivity index (χ1n) is 7.90. The van der Waals surface area contributed by atoms with Crippen molar-refractivity contribution in [2.75, 3.05) is 38.5 Å². The minimum Gasteiger partial charge on any atom is -0.301 e. The molecule has 0 amide bonds. The zero-order valence-electron chi connectivity index (χ0n) is 12.9. The van der Waals surface area contributed by atoms with Gasteiger partial charge in [-0.15, -0.1) is 11.8 Å². The van der Waals surface area contributed by atoms with Gasteiger partial charge in [0.05, 0.1) is 0 Å². The summed E-state index contributed by atoms with van der Waals surface area (Å²) in [4.78, 5) is 6.62. The highest BCUT2D eigenvalue weighted by Gasteiger charge is 2.17.